The summed E-state index contributed by atoms with van der Waals surface area (Å²) < 4.78 is 47.6. The Kier molecular flexibility index (Phi) is 8.78. The van der Waals surface area contributed by atoms with Crippen LogP contribution in [0.4, 0.5) is 4.39 Å². The van der Waals surface area contributed by atoms with E-state index in [9.17, 15) is 17.6 Å². The van der Waals surface area contributed by atoms with Gasteiger partial charge in [0.1, 0.15) is 11.5 Å². The molecule has 1 aromatic heterocycles. The van der Waals surface area contributed by atoms with E-state index in [-0.39, 0.29) is 41.3 Å². The van der Waals surface area contributed by atoms with E-state index in [0.29, 0.717) is 24.9 Å². The number of hydrogen-bond donors (Lipinski definition) is 1. The molecule has 0 bridgehead atoms. The molecule has 3 heterocycles. The number of carbonyl (C=O) groups excluding carboxylic acids is 1. The van der Waals surface area contributed by atoms with Crippen molar-refractivity contribution in [3.8, 4) is 0 Å². The molecule has 0 radical (unpaired) electrons. The predicted molar refractivity (Wildman–Crippen MR) is 151 cm³/mol. The van der Waals surface area contributed by atoms with Gasteiger partial charge < -0.3 is 9.84 Å². The zero-order chi connectivity index (χ0) is 28.1. The molecular formula is C30H35FN4O4S. The highest BCUT2D eigenvalue weighted by atomic mass is 32.2. The number of fused-ring (bicyclic) bond motifs is 1. The molecule has 0 saturated carbocycles. The molecule has 0 unspecified atom stereocenters. The molecule has 212 valence electrons. The molecule has 0 spiro atoms. The summed E-state index contributed by atoms with van der Waals surface area (Å²) in [5.41, 5.74) is 3.36. The van der Waals surface area contributed by atoms with Gasteiger partial charge in [-0.25, -0.2) is 12.8 Å². The molecule has 2 aliphatic heterocycles. The Morgan fingerprint density at radius 3 is 2.58 bits per heavy atom. The van der Waals surface area contributed by atoms with Crippen LogP contribution in [0.1, 0.15) is 47.4 Å². The van der Waals surface area contributed by atoms with Crippen LogP contribution in [0.3, 0.4) is 0 Å². The van der Waals surface area contributed by atoms with E-state index in [1.165, 1.54) is 33.7 Å². The molecule has 1 N–H and O–H groups in total. The average Bonchev–Trinajstić information content (AvgIpc) is 3.35. The van der Waals surface area contributed by atoms with Gasteiger partial charge in [-0.3, -0.25) is 9.69 Å². The third-order valence-corrected chi connectivity index (χ3v) is 9.79. The van der Waals surface area contributed by atoms with Crippen LogP contribution in [0.15, 0.2) is 57.9 Å². The lowest BCUT2D eigenvalue weighted by Crippen LogP contribution is -2.43. The van der Waals surface area contributed by atoms with Gasteiger partial charge in [0, 0.05) is 50.7 Å². The second kappa shape index (κ2) is 12.4. The normalized spacial score (nSPS) is 17.2. The predicted octanol–water partition coefficient (Wildman–Crippen LogP) is 4.26. The molecule has 3 aromatic rings. The third kappa shape index (κ3) is 6.35. The number of hydrogen-bond acceptors (Lipinski definition) is 6. The van der Waals surface area contributed by atoms with E-state index in [1.54, 1.807) is 25.1 Å². The van der Waals surface area contributed by atoms with Gasteiger partial charge in [-0.2, -0.15) is 4.31 Å². The van der Waals surface area contributed by atoms with Crippen molar-refractivity contribution < 1.29 is 22.1 Å². The summed E-state index contributed by atoms with van der Waals surface area (Å²) in [6, 6.07) is 14.7. The number of halogens is 1. The highest BCUT2D eigenvalue weighted by Crippen LogP contribution is 2.29. The zero-order valence-electron chi connectivity index (χ0n) is 22.7. The minimum Gasteiger partial charge on any atom is -0.356 e. The van der Waals surface area contributed by atoms with E-state index >= 15 is 0 Å². The lowest BCUT2D eigenvalue weighted by Gasteiger charge is -2.30. The molecule has 0 aliphatic carbocycles. The molecule has 1 saturated heterocycles. The molecule has 5 rings (SSSR count). The van der Waals surface area contributed by atoms with Crippen molar-refractivity contribution >= 4 is 28.1 Å². The van der Waals surface area contributed by atoms with E-state index in [1.807, 2.05) is 0 Å². The number of carbonyl (C=O) groups is 1. The van der Waals surface area contributed by atoms with Crippen molar-refractivity contribution in [3.63, 3.8) is 0 Å². The maximum absolute atomic E-state index is 14.0. The first-order valence-corrected chi connectivity index (χ1v) is 15.2. The van der Waals surface area contributed by atoms with Gasteiger partial charge in [0.15, 0.2) is 10.7 Å². The smallest absolute Gasteiger partial charge is 0.248 e. The van der Waals surface area contributed by atoms with Crippen molar-refractivity contribution in [3.05, 3.63) is 82.5 Å². The first-order chi connectivity index (χ1) is 19.3. The van der Waals surface area contributed by atoms with E-state index in [4.69, 9.17) is 4.52 Å². The Labute approximate surface area is 234 Å². The number of benzene rings is 2. The van der Waals surface area contributed by atoms with Crippen molar-refractivity contribution in [2.24, 2.45) is 5.92 Å². The van der Waals surface area contributed by atoms with Crippen LogP contribution in [-0.4, -0.2) is 61.4 Å². The summed E-state index contributed by atoms with van der Waals surface area (Å²) >= 11 is 0. The van der Waals surface area contributed by atoms with Crippen molar-refractivity contribution in [2.75, 3.05) is 32.7 Å². The molecule has 40 heavy (non-hydrogen) atoms. The number of nitrogens with zero attached hydrogens (tertiary/aromatic N) is 3. The average molecular weight is 567 g/mol. The van der Waals surface area contributed by atoms with Crippen LogP contribution < -0.4 is 5.32 Å². The standard InChI is InChI=1S/C30H35FN4O4S/c1-22-29(28(39-33-22)12-11-24-8-4-5-10-27(24)31)40(37,38)35-19-14-25(15-20-35)30(36)32-16-6-17-34-18-13-23-7-2-3-9-26(23)21-34/h2-5,7-12,25H,6,13-21H2,1H3,(H,32,36)/b12-11+. The molecule has 8 nitrogen and oxygen atoms in total. The van der Waals surface area contributed by atoms with Crippen LogP contribution in [0.25, 0.3) is 12.2 Å². The fraction of sp³-hybridized carbons (Fsp3) is 0.400. The molecule has 1 amide bonds. The largest absolute Gasteiger partial charge is 0.356 e. The van der Waals surface area contributed by atoms with E-state index in [2.05, 4.69) is 39.6 Å². The van der Waals surface area contributed by atoms with E-state index in [0.717, 1.165) is 32.5 Å². The zero-order valence-corrected chi connectivity index (χ0v) is 23.5. The highest BCUT2D eigenvalue weighted by Gasteiger charge is 2.35. The van der Waals surface area contributed by atoms with Gasteiger partial charge in [-0.05, 0) is 62.0 Å². The summed E-state index contributed by atoms with van der Waals surface area (Å²) in [5, 5.41) is 6.90. The van der Waals surface area contributed by atoms with Gasteiger partial charge in [0.25, 0.3) is 0 Å². The van der Waals surface area contributed by atoms with Crippen LogP contribution in [0, 0.1) is 18.7 Å². The van der Waals surface area contributed by atoms with Gasteiger partial charge in [0.05, 0.1) is 0 Å². The number of amides is 1. The minimum absolute atomic E-state index is 0.0179. The molecule has 1 fully saturated rings. The number of sulfonamides is 1. The van der Waals surface area contributed by atoms with Gasteiger partial charge in [0.2, 0.25) is 15.9 Å². The quantitative estimate of drug-likeness (QED) is 0.389. The Hall–Kier alpha value is -3.34. The van der Waals surface area contributed by atoms with Crippen molar-refractivity contribution in [2.45, 2.75) is 44.0 Å². The lowest BCUT2D eigenvalue weighted by atomic mass is 9.97. The highest BCUT2D eigenvalue weighted by molar-refractivity contribution is 7.89. The second-order valence-electron chi connectivity index (χ2n) is 10.4. The summed E-state index contributed by atoms with van der Waals surface area (Å²) in [4.78, 5) is 15.2. The topological polar surface area (TPSA) is 95.8 Å². The van der Waals surface area contributed by atoms with Crippen LogP contribution in [0.5, 0.6) is 0 Å². The summed E-state index contributed by atoms with van der Waals surface area (Å²) in [7, 11) is -3.90. The minimum atomic E-state index is -3.90. The van der Waals surface area contributed by atoms with Crippen LogP contribution in [0.2, 0.25) is 0 Å². The Morgan fingerprint density at radius 2 is 1.80 bits per heavy atom. The first-order valence-electron chi connectivity index (χ1n) is 13.8. The van der Waals surface area contributed by atoms with Crippen molar-refractivity contribution in [1.29, 1.82) is 0 Å². The SMILES string of the molecule is Cc1noc(/C=C/c2ccccc2F)c1S(=O)(=O)N1CCC(C(=O)NCCCN2CCc3ccccc3C2)CC1. The fourth-order valence-corrected chi connectivity index (χ4v) is 7.19. The number of rotatable bonds is 9. The fourth-order valence-electron chi connectivity index (χ4n) is 5.47. The van der Waals surface area contributed by atoms with Crippen molar-refractivity contribution in [1.82, 2.24) is 19.7 Å². The Bertz CT molecular complexity index is 1480. The number of nitrogens with one attached hydrogen (secondary N) is 1. The molecule has 2 aromatic carbocycles. The molecule has 0 atom stereocenters. The lowest BCUT2D eigenvalue weighted by molar-refractivity contribution is -0.126. The summed E-state index contributed by atoms with van der Waals surface area (Å²) in [6.07, 6.45) is 5.71. The number of piperidine rings is 1. The third-order valence-electron chi connectivity index (χ3n) is 7.74. The molecule has 10 heteroatoms. The second-order valence-corrected chi connectivity index (χ2v) is 12.3. The summed E-state index contributed by atoms with van der Waals surface area (Å²) in [5.74, 6) is -0.608. The van der Waals surface area contributed by atoms with Crippen LogP contribution >= 0.6 is 0 Å². The first kappa shape index (κ1) is 28.2. The Morgan fingerprint density at radius 1 is 1.07 bits per heavy atom. The van der Waals surface area contributed by atoms with Crippen LogP contribution in [-0.2, 0) is 27.8 Å². The molecule has 2 aliphatic rings. The van der Waals surface area contributed by atoms with Gasteiger partial charge in [-0.15, -0.1) is 0 Å². The maximum Gasteiger partial charge on any atom is 0.248 e. The monoisotopic (exact) mass is 566 g/mol. The Balaban J connectivity index is 1.11. The maximum atomic E-state index is 14.0. The van der Waals surface area contributed by atoms with Gasteiger partial charge >= 0.3 is 0 Å². The van der Waals surface area contributed by atoms with Gasteiger partial charge in [-0.1, -0.05) is 47.6 Å². The molecular weight excluding hydrogens is 531 g/mol. The number of aromatic nitrogens is 1. The van der Waals surface area contributed by atoms with E-state index < -0.39 is 15.8 Å². The summed E-state index contributed by atoms with van der Waals surface area (Å²) in [6.45, 7) is 5.54. The number of aryl methyl sites for hydroxylation is 1.